The van der Waals surface area contributed by atoms with E-state index in [1.807, 2.05) is 12.1 Å². The third kappa shape index (κ3) is 2.96. The highest BCUT2D eigenvalue weighted by Crippen LogP contribution is 2.15. The molecule has 2 rings (SSSR count). The Labute approximate surface area is 116 Å². The van der Waals surface area contributed by atoms with Crippen LogP contribution in [0, 0.1) is 0 Å². The van der Waals surface area contributed by atoms with Gasteiger partial charge in [-0.2, -0.15) is 0 Å². The molecule has 0 amide bonds. The van der Waals surface area contributed by atoms with Crippen LogP contribution in [0.15, 0.2) is 35.4 Å². The fourth-order valence-corrected chi connectivity index (χ4v) is 2.01. The van der Waals surface area contributed by atoms with Crippen LogP contribution in [0.4, 0.5) is 0 Å². The van der Waals surface area contributed by atoms with Crippen molar-refractivity contribution >= 4 is 11.6 Å². The second kappa shape index (κ2) is 5.89. The number of rotatable bonds is 4. The first-order chi connectivity index (χ1) is 9.15. The van der Waals surface area contributed by atoms with Crippen LogP contribution in [0.5, 0.6) is 5.75 Å². The molecular weight excluding hydrogens is 264 g/mol. The molecule has 1 aromatic heterocycles. The summed E-state index contributed by atoms with van der Waals surface area (Å²) in [5.41, 5.74) is 2.02. The van der Waals surface area contributed by atoms with Gasteiger partial charge in [0, 0.05) is 0 Å². The molecule has 5 heteroatoms. The lowest BCUT2D eigenvalue weighted by Gasteiger charge is -2.08. The summed E-state index contributed by atoms with van der Waals surface area (Å²) >= 11 is 5.79. The van der Waals surface area contributed by atoms with E-state index < -0.39 is 0 Å². The Hall–Kier alpha value is -1.81. The maximum absolute atomic E-state index is 12.1. The van der Waals surface area contributed by atoms with Crippen molar-refractivity contribution in [2.75, 3.05) is 7.11 Å². The Morgan fingerprint density at radius 2 is 1.89 bits per heavy atom. The SMILES string of the molecule is CCc1ccc(Cn2cnc(Cl)c(OC)c2=O)cc1. The Kier molecular flexibility index (Phi) is 4.22. The summed E-state index contributed by atoms with van der Waals surface area (Å²) < 4.78 is 6.44. The van der Waals surface area contributed by atoms with Crippen LogP contribution < -0.4 is 10.3 Å². The van der Waals surface area contributed by atoms with Gasteiger partial charge in [0.2, 0.25) is 5.75 Å². The standard InChI is InChI=1S/C14H15ClN2O2/c1-3-10-4-6-11(7-5-10)8-17-9-16-13(15)12(19-2)14(17)18/h4-7,9H,3,8H2,1-2H3. The van der Waals surface area contributed by atoms with E-state index in [0.717, 1.165) is 12.0 Å². The molecule has 0 bridgehead atoms. The first-order valence-corrected chi connectivity index (χ1v) is 6.40. The van der Waals surface area contributed by atoms with E-state index in [1.165, 1.54) is 23.6 Å². The highest BCUT2D eigenvalue weighted by atomic mass is 35.5. The number of hydrogen-bond donors (Lipinski definition) is 0. The van der Waals surface area contributed by atoms with E-state index in [0.29, 0.717) is 6.54 Å². The lowest BCUT2D eigenvalue weighted by atomic mass is 10.1. The quantitative estimate of drug-likeness (QED) is 0.807. The lowest BCUT2D eigenvalue weighted by Crippen LogP contribution is -2.22. The van der Waals surface area contributed by atoms with Crippen molar-refractivity contribution in [2.24, 2.45) is 0 Å². The minimum atomic E-state index is -0.276. The van der Waals surface area contributed by atoms with Crippen LogP contribution in [-0.4, -0.2) is 16.7 Å². The molecule has 4 nitrogen and oxygen atoms in total. The van der Waals surface area contributed by atoms with E-state index in [-0.39, 0.29) is 16.5 Å². The monoisotopic (exact) mass is 278 g/mol. The van der Waals surface area contributed by atoms with E-state index in [1.54, 1.807) is 0 Å². The fraction of sp³-hybridized carbons (Fsp3) is 0.286. The summed E-state index contributed by atoms with van der Waals surface area (Å²) in [5, 5.41) is 0.0880. The van der Waals surface area contributed by atoms with Gasteiger partial charge in [-0.1, -0.05) is 42.8 Å². The zero-order valence-electron chi connectivity index (χ0n) is 10.9. The van der Waals surface area contributed by atoms with Gasteiger partial charge in [-0.25, -0.2) is 4.98 Å². The van der Waals surface area contributed by atoms with Gasteiger partial charge >= 0.3 is 0 Å². The Morgan fingerprint density at radius 1 is 1.26 bits per heavy atom. The number of methoxy groups -OCH3 is 1. The van der Waals surface area contributed by atoms with Crippen LogP contribution in [0.3, 0.4) is 0 Å². The van der Waals surface area contributed by atoms with Crippen LogP contribution in [0.1, 0.15) is 18.1 Å². The highest BCUT2D eigenvalue weighted by molar-refractivity contribution is 6.30. The molecule has 0 fully saturated rings. The van der Waals surface area contributed by atoms with Gasteiger partial charge < -0.3 is 4.74 Å². The molecule has 0 aliphatic heterocycles. The van der Waals surface area contributed by atoms with Gasteiger partial charge in [0.15, 0.2) is 5.15 Å². The molecular formula is C14H15ClN2O2. The van der Waals surface area contributed by atoms with Crippen LogP contribution in [-0.2, 0) is 13.0 Å². The van der Waals surface area contributed by atoms with Crippen LogP contribution in [0.2, 0.25) is 5.15 Å². The number of benzene rings is 1. The molecule has 2 aromatic rings. The molecule has 1 heterocycles. The maximum Gasteiger partial charge on any atom is 0.297 e. The number of aryl methyl sites for hydroxylation is 1. The van der Waals surface area contributed by atoms with E-state index >= 15 is 0 Å². The number of hydrogen-bond acceptors (Lipinski definition) is 3. The van der Waals surface area contributed by atoms with Crippen LogP contribution >= 0.6 is 11.6 Å². The first-order valence-electron chi connectivity index (χ1n) is 6.02. The van der Waals surface area contributed by atoms with Crippen molar-refractivity contribution in [3.63, 3.8) is 0 Å². The minimum Gasteiger partial charge on any atom is -0.489 e. The van der Waals surface area contributed by atoms with Crippen molar-refractivity contribution in [3.05, 3.63) is 57.2 Å². The van der Waals surface area contributed by atoms with Gasteiger partial charge in [-0.3, -0.25) is 9.36 Å². The summed E-state index contributed by atoms with van der Waals surface area (Å²) in [6, 6.07) is 8.13. The fourth-order valence-electron chi connectivity index (χ4n) is 1.81. The second-order valence-electron chi connectivity index (χ2n) is 4.17. The predicted molar refractivity (Wildman–Crippen MR) is 75.0 cm³/mol. The summed E-state index contributed by atoms with van der Waals surface area (Å²) in [7, 11) is 1.41. The minimum absolute atomic E-state index is 0.0781. The first kappa shape index (κ1) is 13.6. The normalized spacial score (nSPS) is 10.5. The van der Waals surface area contributed by atoms with Gasteiger partial charge in [0.05, 0.1) is 20.0 Å². The number of halogens is 1. The Morgan fingerprint density at radius 3 is 2.47 bits per heavy atom. The van der Waals surface area contributed by atoms with Crippen molar-refractivity contribution in [3.8, 4) is 5.75 Å². The summed E-state index contributed by atoms with van der Waals surface area (Å²) in [6.45, 7) is 2.55. The van der Waals surface area contributed by atoms with E-state index in [4.69, 9.17) is 16.3 Å². The average molecular weight is 279 g/mol. The number of nitrogens with zero attached hydrogens (tertiary/aromatic N) is 2. The molecule has 0 aliphatic rings. The Balaban J connectivity index is 2.30. The number of aromatic nitrogens is 2. The lowest BCUT2D eigenvalue weighted by molar-refractivity contribution is 0.401. The molecule has 0 saturated carbocycles. The largest absolute Gasteiger partial charge is 0.489 e. The van der Waals surface area contributed by atoms with Gasteiger partial charge in [-0.05, 0) is 17.5 Å². The Bertz CT molecular complexity index is 620. The topological polar surface area (TPSA) is 44.1 Å². The predicted octanol–water partition coefficient (Wildman–Crippen LogP) is 2.52. The summed E-state index contributed by atoms with van der Waals surface area (Å²) in [5.74, 6) is 0.0781. The molecule has 0 N–H and O–H groups in total. The van der Waals surface area contributed by atoms with Crippen LogP contribution in [0.25, 0.3) is 0 Å². The van der Waals surface area contributed by atoms with Crippen molar-refractivity contribution < 1.29 is 4.74 Å². The van der Waals surface area contributed by atoms with Crippen molar-refractivity contribution in [2.45, 2.75) is 19.9 Å². The third-order valence-electron chi connectivity index (χ3n) is 2.94. The molecule has 0 unspecified atom stereocenters. The van der Waals surface area contributed by atoms with Gasteiger partial charge in [-0.15, -0.1) is 0 Å². The molecule has 0 atom stereocenters. The smallest absolute Gasteiger partial charge is 0.297 e. The highest BCUT2D eigenvalue weighted by Gasteiger charge is 2.10. The average Bonchev–Trinajstić information content (AvgIpc) is 2.43. The zero-order chi connectivity index (χ0) is 13.8. The van der Waals surface area contributed by atoms with E-state index in [2.05, 4.69) is 24.0 Å². The summed E-state index contributed by atoms with van der Waals surface area (Å²) in [6.07, 6.45) is 2.43. The third-order valence-corrected chi connectivity index (χ3v) is 3.21. The second-order valence-corrected chi connectivity index (χ2v) is 4.53. The molecule has 0 aliphatic carbocycles. The number of ether oxygens (including phenoxy) is 1. The summed E-state index contributed by atoms with van der Waals surface area (Å²) in [4.78, 5) is 16.0. The molecule has 0 spiro atoms. The molecule has 0 saturated heterocycles. The molecule has 0 radical (unpaired) electrons. The van der Waals surface area contributed by atoms with Crippen molar-refractivity contribution in [1.82, 2.24) is 9.55 Å². The van der Waals surface area contributed by atoms with E-state index in [9.17, 15) is 4.79 Å². The zero-order valence-corrected chi connectivity index (χ0v) is 11.6. The maximum atomic E-state index is 12.1. The molecule has 1 aromatic carbocycles. The molecule has 19 heavy (non-hydrogen) atoms. The van der Waals surface area contributed by atoms with Gasteiger partial charge in [0.1, 0.15) is 0 Å². The van der Waals surface area contributed by atoms with Crippen molar-refractivity contribution in [1.29, 1.82) is 0 Å². The van der Waals surface area contributed by atoms with Gasteiger partial charge in [0.25, 0.3) is 5.56 Å². The molecule has 100 valence electrons.